The lowest BCUT2D eigenvalue weighted by atomic mass is 9.82. The molecule has 0 aliphatic carbocycles. The molecule has 0 aliphatic heterocycles. The fraction of sp³-hybridized carbons (Fsp3) is 0.900. The average Bonchev–Trinajstić information content (AvgIpc) is 1.97. The number of hydrogen-bond donors (Lipinski definition) is 2. The number of nitrogens with one attached hydrogen (secondary N) is 1. The Kier molecular flexibility index (Phi) is 4.40. The van der Waals surface area contributed by atoms with Crippen LogP contribution in [0.25, 0.3) is 0 Å². The molecule has 3 heteroatoms. The molecule has 0 saturated heterocycles. The minimum Gasteiger partial charge on any atom is -0.368 e. The fourth-order valence-electron chi connectivity index (χ4n) is 0.760. The van der Waals surface area contributed by atoms with Crippen LogP contribution in [-0.2, 0) is 4.79 Å². The molecule has 0 aromatic heterocycles. The summed E-state index contributed by atoms with van der Waals surface area (Å²) < 4.78 is 0. The lowest BCUT2D eigenvalue weighted by Crippen LogP contribution is -2.42. The highest BCUT2D eigenvalue weighted by molar-refractivity contribution is 5.79. The second-order valence-corrected chi connectivity index (χ2v) is 4.80. The van der Waals surface area contributed by atoms with Crippen molar-refractivity contribution in [2.24, 2.45) is 17.1 Å². The maximum Gasteiger partial charge on any atom is 0.234 e. The van der Waals surface area contributed by atoms with E-state index in [0.717, 1.165) is 6.54 Å². The Labute approximate surface area is 81.1 Å². The predicted octanol–water partition coefficient (Wildman–Crippen LogP) is 1.13. The van der Waals surface area contributed by atoms with E-state index in [4.69, 9.17) is 5.73 Å². The van der Waals surface area contributed by atoms with Crippen LogP contribution < -0.4 is 11.1 Å². The number of hydrogen-bond acceptors (Lipinski definition) is 2. The van der Waals surface area contributed by atoms with Gasteiger partial charge in [0.05, 0.1) is 6.04 Å². The Bertz CT molecular complexity index is 172. The van der Waals surface area contributed by atoms with Crippen LogP contribution >= 0.6 is 0 Å². The zero-order valence-electron chi connectivity index (χ0n) is 9.35. The van der Waals surface area contributed by atoms with Crippen molar-refractivity contribution in [3.8, 4) is 0 Å². The smallest absolute Gasteiger partial charge is 0.234 e. The van der Waals surface area contributed by atoms with Gasteiger partial charge in [-0.3, -0.25) is 4.79 Å². The van der Waals surface area contributed by atoms with Crippen LogP contribution in [0.4, 0.5) is 0 Å². The van der Waals surface area contributed by atoms with Crippen molar-refractivity contribution >= 4 is 5.91 Å². The quantitative estimate of drug-likeness (QED) is 0.691. The summed E-state index contributed by atoms with van der Waals surface area (Å²) >= 11 is 0. The summed E-state index contributed by atoms with van der Waals surface area (Å²) in [5, 5.41) is 3.11. The molecule has 3 N–H and O–H groups in total. The second-order valence-electron chi connectivity index (χ2n) is 4.80. The Hall–Kier alpha value is -0.570. The van der Waals surface area contributed by atoms with E-state index in [-0.39, 0.29) is 17.4 Å². The molecule has 0 radical (unpaired) electrons. The number of carbonyl (C=O) groups is 1. The molecule has 0 rings (SSSR count). The maximum atomic E-state index is 10.7. The van der Waals surface area contributed by atoms with E-state index >= 15 is 0 Å². The highest BCUT2D eigenvalue weighted by Crippen LogP contribution is 2.24. The van der Waals surface area contributed by atoms with E-state index in [2.05, 4.69) is 33.0 Å². The lowest BCUT2D eigenvalue weighted by molar-refractivity contribution is -0.119. The largest absolute Gasteiger partial charge is 0.368 e. The van der Waals surface area contributed by atoms with Crippen molar-refractivity contribution in [1.29, 1.82) is 0 Å². The first-order chi connectivity index (χ1) is 5.75. The van der Waals surface area contributed by atoms with Crippen LogP contribution in [0.15, 0.2) is 0 Å². The van der Waals surface area contributed by atoms with Gasteiger partial charge in [-0.05, 0) is 24.8 Å². The highest BCUT2D eigenvalue weighted by Gasteiger charge is 2.20. The van der Waals surface area contributed by atoms with Gasteiger partial charge in [0.25, 0.3) is 0 Å². The van der Waals surface area contributed by atoms with Gasteiger partial charge in [-0.2, -0.15) is 0 Å². The minimum atomic E-state index is -0.291. The topological polar surface area (TPSA) is 55.1 Å². The number of carbonyl (C=O) groups excluding carboxylic acids is 1. The molecule has 0 fully saturated rings. The fourth-order valence-corrected chi connectivity index (χ4v) is 0.760. The third-order valence-electron chi connectivity index (χ3n) is 2.64. The number of nitrogens with two attached hydrogens (primary N) is 1. The molecule has 1 amide bonds. The van der Waals surface area contributed by atoms with Crippen molar-refractivity contribution in [3.63, 3.8) is 0 Å². The van der Waals surface area contributed by atoms with E-state index in [1.165, 1.54) is 0 Å². The van der Waals surface area contributed by atoms with Gasteiger partial charge in [0, 0.05) is 0 Å². The second kappa shape index (κ2) is 4.61. The first kappa shape index (κ1) is 12.4. The molecule has 78 valence electrons. The summed E-state index contributed by atoms with van der Waals surface area (Å²) in [6, 6.07) is -0.232. The normalized spacial score (nSPS) is 16.7. The van der Waals surface area contributed by atoms with Crippen LogP contribution in [0.5, 0.6) is 0 Å². The van der Waals surface area contributed by atoms with E-state index in [1.807, 2.05) is 0 Å². The predicted molar refractivity (Wildman–Crippen MR) is 55.3 cm³/mol. The molecule has 2 unspecified atom stereocenters. The molecular formula is C10H22N2O. The lowest BCUT2D eigenvalue weighted by Gasteiger charge is -2.28. The Morgan fingerprint density at radius 2 is 1.85 bits per heavy atom. The Balaban J connectivity index is 3.83. The molecular weight excluding hydrogens is 164 g/mol. The Morgan fingerprint density at radius 1 is 1.38 bits per heavy atom. The Morgan fingerprint density at radius 3 is 2.15 bits per heavy atom. The highest BCUT2D eigenvalue weighted by atomic mass is 16.1. The monoisotopic (exact) mass is 186 g/mol. The van der Waals surface area contributed by atoms with Crippen molar-refractivity contribution in [3.05, 3.63) is 0 Å². The van der Waals surface area contributed by atoms with E-state index in [9.17, 15) is 4.79 Å². The molecule has 0 bridgehead atoms. The van der Waals surface area contributed by atoms with E-state index in [0.29, 0.717) is 5.92 Å². The molecule has 13 heavy (non-hydrogen) atoms. The van der Waals surface area contributed by atoms with Gasteiger partial charge in [0.15, 0.2) is 0 Å². The van der Waals surface area contributed by atoms with Gasteiger partial charge in [-0.15, -0.1) is 0 Å². The van der Waals surface area contributed by atoms with Gasteiger partial charge in [0.1, 0.15) is 0 Å². The van der Waals surface area contributed by atoms with Crippen LogP contribution in [0.2, 0.25) is 0 Å². The van der Waals surface area contributed by atoms with Gasteiger partial charge >= 0.3 is 0 Å². The first-order valence-corrected chi connectivity index (χ1v) is 4.78. The third-order valence-corrected chi connectivity index (χ3v) is 2.64. The number of amides is 1. The molecule has 0 spiro atoms. The van der Waals surface area contributed by atoms with Crippen LogP contribution in [0.3, 0.4) is 0 Å². The van der Waals surface area contributed by atoms with Crippen molar-refractivity contribution < 1.29 is 4.79 Å². The van der Waals surface area contributed by atoms with Crippen molar-refractivity contribution in [2.45, 2.75) is 40.7 Å². The first-order valence-electron chi connectivity index (χ1n) is 4.78. The van der Waals surface area contributed by atoms with Crippen molar-refractivity contribution in [1.82, 2.24) is 5.32 Å². The van der Waals surface area contributed by atoms with Gasteiger partial charge in [0.2, 0.25) is 5.91 Å². The molecule has 0 aliphatic rings. The number of rotatable bonds is 4. The molecule has 0 aromatic rings. The average molecular weight is 186 g/mol. The molecule has 0 saturated carbocycles. The molecule has 0 aromatic carbocycles. The summed E-state index contributed by atoms with van der Waals surface area (Å²) in [7, 11) is 0. The SMILES string of the molecule is CC(NCC(C)C(C)(C)C)C(N)=O. The molecule has 2 atom stereocenters. The minimum absolute atomic E-state index is 0.232. The van der Waals surface area contributed by atoms with Crippen LogP contribution in [-0.4, -0.2) is 18.5 Å². The zero-order chi connectivity index (χ0) is 10.6. The van der Waals surface area contributed by atoms with Gasteiger partial charge in [-0.25, -0.2) is 0 Å². The number of primary amides is 1. The summed E-state index contributed by atoms with van der Waals surface area (Å²) in [5.74, 6) is 0.232. The molecule has 0 heterocycles. The summed E-state index contributed by atoms with van der Waals surface area (Å²) in [6.07, 6.45) is 0. The standard InChI is InChI=1S/C10H22N2O/c1-7(10(3,4)5)6-12-8(2)9(11)13/h7-8,12H,6H2,1-5H3,(H2,11,13). The molecule has 3 nitrogen and oxygen atoms in total. The zero-order valence-corrected chi connectivity index (χ0v) is 9.35. The van der Waals surface area contributed by atoms with Crippen molar-refractivity contribution in [2.75, 3.05) is 6.54 Å². The van der Waals surface area contributed by atoms with E-state index in [1.54, 1.807) is 6.92 Å². The maximum absolute atomic E-state index is 10.7. The van der Waals surface area contributed by atoms with Crippen LogP contribution in [0.1, 0.15) is 34.6 Å². The summed E-state index contributed by atoms with van der Waals surface area (Å²) in [5.41, 5.74) is 5.40. The van der Waals surface area contributed by atoms with Crippen LogP contribution in [0, 0.1) is 11.3 Å². The summed E-state index contributed by atoms with van der Waals surface area (Å²) in [4.78, 5) is 10.7. The third kappa shape index (κ3) is 4.88. The van der Waals surface area contributed by atoms with Gasteiger partial charge in [-0.1, -0.05) is 27.7 Å². The van der Waals surface area contributed by atoms with Gasteiger partial charge < -0.3 is 11.1 Å². The van der Waals surface area contributed by atoms with E-state index < -0.39 is 0 Å². The summed E-state index contributed by atoms with van der Waals surface area (Å²) in [6.45, 7) is 11.4.